The van der Waals surface area contributed by atoms with Gasteiger partial charge >= 0.3 is 0 Å². The molecule has 2 N–H and O–H groups in total. The quantitative estimate of drug-likeness (QED) is 0.881. The second kappa shape index (κ2) is 5.82. The maximum atomic E-state index is 12.4. The van der Waals surface area contributed by atoms with Gasteiger partial charge in [-0.1, -0.05) is 37.3 Å². The molecule has 108 valence electrons. The Labute approximate surface area is 129 Å². The number of nitrogens with zero attached hydrogens (tertiary/aromatic N) is 1. The number of para-hydroxylation sites is 1. The van der Waals surface area contributed by atoms with Gasteiger partial charge in [-0.25, -0.2) is 0 Å². The number of hydrogen-bond donors (Lipinski definition) is 1. The van der Waals surface area contributed by atoms with Crippen molar-refractivity contribution in [2.75, 3.05) is 16.4 Å². The zero-order valence-electron chi connectivity index (χ0n) is 12.0. The molecular weight excluding hydrogens is 280 g/mol. The minimum Gasteiger partial charge on any atom is -0.399 e. The smallest absolute Gasteiger partial charge is 0.238 e. The zero-order valence-corrected chi connectivity index (χ0v) is 12.8. The van der Waals surface area contributed by atoms with Gasteiger partial charge in [-0.05, 0) is 35.7 Å². The number of carbonyl (C=O) groups is 1. The molecule has 0 radical (unpaired) electrons. The van der Waals surface area contributed by atoms with Crippen LogP contribution in [0.2, 0.25) is 0 Å². The molecule has 0 bridgehead atoms. The first-order valence-electron chi connectivity index (χ1n) is 7.07. The van der Waals surface area contributed by atoms with Crippen molar-refractivity contribution in [2.24, 2.45) is 0 Å². The van der Waals surface area contributed by atoms with E-state index in [-0.39, 0.29) is 11.3 Å². The second-order valence-corrected chi connectivity index (χ2v) is 6.15. The van der Waals surface area contributed by atoms with Crippen LogP contribution in [-0.4, -0.2) is 11.7 Å². The average molecular weight is 298 g/mol. The monoisotopic (exact) mass is 298 g/mol. The summed E-state index contributed by atoms with van der Waals surface area (Å²) in [6, 6.07) is 15.9. The van der Waals surface area contributed by atoms with E-state index in [1.54, 1.807) is 11.8 Å². The van der Waals surface area contributed by atoms with Gasteiger partial charge in [0.15, 0.2) is 0 Å². The van der Waals surface area contributed by atoms with Gasteiger partial charge in [0.25, 0.3) is 0 Å². The van der Waals surface area contributed by atoms with Crippen LogP contribution in [0.5, 0.6) is 0 Å². The van der Waals surface area contributed by atoms with Crippen LogP contribution < -0.4 is 10.6 Å². The molecule has 0 saturated carbocycles. The third kappa shape index (κ3) is 2.63. The fourth-order valence-electron chi connectivity index (χ4n) is 2.69. The van der Waals surface area contributed by atoms with E-state index in [1.807, 2.05) is 47.4 Å². The lowest BCUT2D eigenvalue weighted by atomic mass is 10.1. The van der Waals surface area contributed by atoms with Crippen molar-refractivity contribution >= 4 is 29.0 Å². The molecule has 1 aliphatic rings. The normalized spacial score (nSPS) is 18.2. The van der Waals surface area contributed by atoms with E-state index in [9.17, 15) is 4.79 Å². The van der Waals surface area contributed by atoms with E-state index in [4.69, 9.17) is 5.73 Å². The second-order valence-electron chi connectivity index (χ2n) is 5.08. The number of thioether (sulfide) groups is 1. The maximum Gasteiger partial charge on any atom is 0.238 e. The number of benzene rings is 2. The van der Waals surface area contributed by atoms with Crippen molar-refractivity contribution in [3.8, 4) is 0 Å². The van der Waals surface area contributed by atoms with Crippen molar-refractivity contribution in [1.29, 1.82) is 0 Å². The summed E-state index contributed by atoms with van der Waals surface area (Å²) in [5.41, 5.74) is 9.91. The van der Waals surface area contributed by atoms with Crippen molar-refractivity contribution in [1.82, 2.24) is 0 Å². The van der Waals surface area contributed by atoms with Crippen molar-refractivity contribution in [3.63, 3.8) is 0 Å². The SMILES string of the molecule is CCc1ccccc1N1C(=O)CSC1c1cccc(N)c1. The molecule has 0 aliphatic carbocycles. The molecule has 21 heavy (non-hydrogen) atoms. The molecule has 3 nitrogen and oxygen atoms in total. The van der Waals surface area contributed by atoms with E-state index in [2.05, 4.69) is 13.0 Å². The standard InChI is InChI=1S/C17H18N2OS/c1-2-12-6-3-4-9-15(12)19-16(20)11-21-17(19)13-7-5-8-14(18)10-13/h3-10,17H,2,11,18H2,1H3. The summed E-state index contributed by atoms with van der Waals surface area (Å²) < 4.78 is 0. The molecule has 1 saturated heterocycles. The molecule has 1 fully saturated rings. The first-order chi connectivity index (χ1) is 10.2. The summed E-state index contributed by atoms with van der Waals surface area (Å²) in [6.45, 7) is 2.11. The van der Waals surface area contributed by atoms with E-state index < -0.39 is 0 Å². The Kier molecular flexibility index (Phi) is 3.88. The molecule has 1 atom stereocenters. The molecule has 1 amide bonds. The van der Waals surface area contributed by atoms with Gasteiger partial charge in [0.2, 0.25) is 5.91 Å². The first kappa shape index (κ1) is 14.0. The van der Waals surface area contributed by atoms with Crippen molar-refractivity contribution in [2.45, 2.75) is 18.7 Å². The van der Waals surface area contributed by atoms with E-state index in [0.717, 1.165) is 23.4 Å². The molecule has 0 spiro atoms. The topological polar surface area (TPSA) is 46.3 Å². The summed E-state index contributed by atoms with van der Waals surface area (Å²) in [4.78, 5) is 14.3. The van der Waals surface area contributed by atoms with E-state index >= 15 is 0 Å². The Bertz CT molecular complexity index is 671. The molecule has 0 aromatic heterocycles. The van der Waals surface area contributed by atoms with E-state index in [1.165, 1.54) is 5.56 Å². The molecule has 1 unspecified atom stereocenters. The minimum absolute atomic E-state index is 0.00806. The Morgan fingerprint density at radius 1 is 1.24 bits per heavy atom. The van der Waals surface area contributed by atoms with Crippen LogP contribution in [0.4, 0.5) is 11.4 Å². The molecule has 1 aliphatic heterocycles. The molecule has 1 heterocycles. The van der Waals surface area contributed by atoms with E-state index in [0.29, 0.717) is 5.75 Å². The van der Waals surface area contributed by atoms with Gasteiger partial charge in [0.1, 0.15) is 5.37 Å². The van der Waals surface area contributed by atoms with Crippen LogP contribution in [0.15, 0.2) is 48.5 Å². The number of nitrogens with two attached hydrogens (primary N) is 1. The summed E-state index contributed by atoms with van der Waals surface area (Å²) in [5, 5.41) is 0.00806. The lowest BCUT2D eigenvalue weighted by molar-refractivity contribution is -0.115. The van der Waals surface area contributed by atoms with Gasteiger partial charge in [0, 0.05) is 11.4 Å². The lowest BCUT2D eigenvalue weighted by Crippen LogP contribution is -2.28. The highest BCUT2D eigenvalue weighted by molar-refractivity contribution is 8.00. The zero-order chi connectivity index (χ0) is 14.8. The fraction of sp³-hybridized carbons (Fsp3) is 0.235. The average Bonchev–Trinajstić information content (AvgIpc) is 2.89. The predicted octanol–water partition coefficient (Wildman–Crippen LogP) is 3.61. The number of hydrogen-bond acceptors (Lipinski definition) is 3. The van der Waals surface area contributed by atoms with Crippen molar-refractivity contribution in [3.05, 3.63) is 59.7 Å². The fourth-order valence-corrected chi connectivity index (χ4v) is 3.85. The van der Waals surface area contributed by atoms with Crippen LogP contribution in [-0.2, 0) is 11.2 Å². The molecule has 3 rings (SSSR count). The van der Waals surface area contributed by atoms with Crippen LogP contribution in [0, 0.1) is 0 Å². The number of aryl methyl sites for hydroxylation is 1. The molecular formula is C17H18N2OS. The molecule has 2 aromatic carbocycles. The summed E-state index contributed by atoms with van der Waals surface area (Å²) in [7, 11) is 0. The van der Waals surface area contributed by atoms with Gasteiger partial charge < -0.3 is 5.73 Å². The molecule has 4 heteroatoms. The van der Waals surface area contributed by atoms with Gasteiger partial charge in [-0.3, -0.25) is 9.69 Å². The predicted molar refractivity (Wildman–Crippen MR) is 89.4 cm³/mol. The molecule has 2 aromatic rings. The minimum atomic E-state index is 0.00806. The third-order valence-electron chi connectivity index (χ3n) is 3.70. The Morgan fingerprint density at radius 2 is 2.05 bits per heavy atom. The first-order valence-corrected chi connectivity index (χ1v) is 8.12. The highest BCUT2D eigenvalue weighted by atomic mass is 32.2. The number of rotatable bonds is 3. The van der Waals surface area contributed by atoms with Crippen LogP contribution in [0.25, 0.3) is 0 Å². The van der Waals surface area contributed by atoms with Crippen LogP contribution in [0.1, 0.15) is 23.4 Å². The number of amides is 1. The van der Waals surface area contributed by atoms with Gasteiger partial charge in [-0.2, -0.15) is 0 Å². The largest absolute Gasteiger partial charge is 0.399 e. The summed E-state index contributed by atoms with van der Waals surface area (Å²) >= 11 is 1.66. The highest BCUT2D eigenvalue weighted by Crippen LogP contribution is 2.43. The third-order valence-corrected chi connectivity index (χ3v) is 4.91. The number of carbonyl (C=O) groups excluding carboxylic acids is 1. The summed E-state index contributed by atoms with van der Waals surface area (Å²) in [5.74, 6) is 0.672. The van der Waals surface area contributed by atoms with Gasteiger partial charge in [0.05, 0.1) is 5.75 Å². The Morgan fingerprint density at radius 3 is 2.81 bits per heavy atom. The Hall–Kier alpha value is -1.94. The summed E-state index contributed by atoms with van der Waals surface area (Å²) in [6.07, 6.45) is 0.911. The highest BCUT2D eigenvalue weighted by Gasteiger charge is 2.34. The van der Waals surface area contributed by atoms with Crippen LogP contribution >= 0.6 is 11.8 Å². The number of nitrogen functional groups attached to an aromatic ring is 1. The van der Waals surface area contributed by atoms with Crippen molar-refractivity contribution < 1.29 is 4.79 Å². The van der Waals surface area contributed by atoms with Crippen LogP contribution in [0.3, 0.4) is 0 Å². The number of anilines is 2. The Balaban J connectivity index is 2.04. The lowest BCUT2D eigenvalue weighted by Gasteiger charge is -2.26. The maximum absolute atomic E-state index is 12.4. The van der Waals surface area contributed by atoms with Gasteiger partial charge in [-0.15, -0.1) is 11.8 Å².